The lowest BCUT2D eigenvalue weighted by atomic mass is 10.0. The number of aryl methyl sites for hydroxylation is 1. The van der Waals surface area contributed by atoms with Crippen LogP contribution in [0.1, 0.15) is 56.5 Å². The van der Waals surface area contributed by atoms with Gasteiger partial charge in [-0.15, -0.1) is 10.2 Å². The summed E-state index contributed by atoms with van der Waals surface area (Å²) in [4.78, 5) is 0. The van der Waals surface area contributed by atoms with Gasteiger partial charge in [0.25, 0.3) is 0 Å². The first kappa shape index (κ1) is 21.1. The van der Waals surface area contributed by atoms with Gasteiger partial charge in [-0.25, -0.2) is 18.6 Å². The van der Waals surface area contributed by atoms with Gasteiger partial charge < -0.3 is 0 Å². The highest BCUT2D eigenvalue weighted by atomic mass is 35.7. The van der Waals surface area contributed by atoms with Crippen LogP contribution in [0.2, 0.25) is 0 Å². The van der Waals surface area contributed by atoms with Crippen molar-refractivity contribution in [2.45, 2.75) is 46.5 Å². The Morgan fingerprint density at radius 1 is 1.08 bits per heavy atom. The van der Waals surface area contributed by atoms with E-state index in [-0.39, 0.29) is 0 Å². The van der Waals surface area contributed by atoms with E-state index in [4.69, 9.17) is 30.9 Å². The van der Waals surface area contributed by atoms with Gasteiger partial charge in [0.2, 0.25) is 3.95 Å². The van der Waals surface area contributed by atoms with Crippen molar-refractivity contribution in [2.24, 2.45) is 0 Å². The number of pyridine rings is 1. The number of aromatic amines is 1. The van der Waals surface area contributed by atoms with Crippen LogP contribution in [0.4, 0.5) is 0 Å². The highest BCUT2D eigenvalue weighted by Gasteiger charge is 2.24. The number of aromatic nitrogens is 3. The number of hydrogen-bond donors (Lipinski definition) is 1. The van der Waals surface area contributed by atoms with E-state index in [1.165, 1.54) is 28.3 Å². The Kier molecular flexibility index (Phi) is 7.42. The molecule has 0 fully saturated rings. The van der Waals surface area contributed by atoms with E-state index in [1.807, 2.05) is 0 Å². The third-order valence-corrected chi connectivity index (χ3v) is 4.14. The molecule has 0 saturated carbocycles. The summed E-state index contributed by atoms with van der Waals surface area (Å²) < 4.78 is 36.9. The minimum atomic E-state index is -4.94. The van der Waals surface area contributed by atoms with E-state index < -0.39 is 10.2 Å². The molecule has 0 atom stereocenters. The highest BCUT2D eigenvalue weighted by Crippen LogP contribution is 2.21. The molecular formula is C14H20ClN3O4S2. The molecule has 10 heteroatoms. The molecule has 0 aliphatic heterocycles. The molecule has 24 heavy (non-hydrogen) atoms. The molecular weight excluding hydrogens is 374 g/mol. The standard InChI is InChI=1S/C14H19N3S2.ClHO4/c1-8(2)11-6-10(5)7-12(9(3)4)17(11)13-15-16-14(18)19-13;2-1(3,4)5/h6-9H,1-5H3;(H,2,3,4,5). The third kappa shape index (κ3) is 6.52. The smallest absolute Gasteiger partial charge is 0.222 e. The Bertz CT molecular complexity index is 703. The van der Waals surface area contributed by atoms with Gasteiger partial charge in [-0.1, -0.05) is 27.7 Å². The van der Waals surface area contributed by atoms with E-state index in [9.17, 15) is 0 Å². The number of H-pyrrole nitrogens is 1. The summed E-state index contributed by atoms with van der Waals surface area (Å²) in [6.45, 7) is 11.0. The van der Waals surface area contributed by atoms with Crippen LogP contribution in [0, 0.1) is 21.1 Å². The SMILES string of the molecule is Cc1cc(C(C)C)[n+](-c2n[nH]c(=S)s2)c(C(C)C)c1.[O-][Cl+3]([O-])([O-])[O-]. The van der Waals surface area contributed by atoms with Crippen molar-refractivity contribution in [3.63, 3.8) is 0 Å². The van der Waals surface area contributed by atoms with Crippen molar-refractivity contribution in [2.75, 3.05) is 0 Å². The molecule has 2 heterocycles. The zero-order valence-electron chi connectivity index (χ0n) is 14.0. The average Bonchev–Trinajstić information content (AvgIpc) is 2.81. The van der Waals surface area contributed by atoms with Crippen LogP contribution in [-0.2, 0) is 0 Å². The highest BCUT2D eigenvalue weighted by molar-refractivity contribution is 7.73. The maximum atomic E-state index is 8.49. The zero-order valence-corrected chi connectivity index (χ0v) is 16.4. The summed E-state index contributed by atoms with van der Waals surface area (Å²) in [5.41, 5.74) is 3.85. The molecule has 2 rings (SSSR count). The summed E-state index contributed by atoms with van der Waals surface area (Å²) in [6, 6.07) is 4.47. The minimum Gasteiger partial charge on any atom is -0.222 e. The van der Waals surface area contributed by atoms with Gasteiger partial charge in [0.15, 0.2) is 0 Å². The van der Waals surface area contributed by atoms with Gasteiger partial charge in [-0.3, -0.25) is 0 Å². The Morgan fingerprint density at radius 2 is 1.50 bits per heavy atom. The van der Waals surface area contributed by atoms with Crippen molar-refractivity contribution in [3.8, 4) is 5.13 Å². The van der Waals surface area contributed by atoms with Crippen LogP contribution in [0.5, 0.6) is 0 Å². The lowest BCUT2D eigenvalue weighted by Crippen LogP contribution is -2.68. The molecule has 0 spiro atoms. The van der Waals surface area contributed by atoms with Gasteiger partial charge in [0, 0.05) is 11.8 Å². The van der Waals surface area contributed by atoms with Crippen molar-refractivity contribution in [1.29, 1.82) is 0 Å². The van der Waals surface area contributed by atoms with E-state index in [1.54, 1.807) is 0 Å². The molecule has 0 amide bonds. The Hall–Kier alpha value is -0.940. The Morgan fingerprint density at radius 3 is 1.79 bits per heavy atom. The number of hydrogen-bond acceptors (Lipinski definition) is 7. The molecule has 0 aromatic carbocycles. The topological polar surface area (TPSA) is 125 Å². The van der Waals surface area contributed by atoms with Gasteiger partial charge >= 0.3 is 5.13 Å². The van der Waals surface area contributed by atoms with Crippen molar-refractivity contribution < 1.29 is 33.4 Å². The van der Waals surface area contributed by atoms with Gasteiger partial charge in [0.05, 0.1) is 5.10 Å². The molecule has 0 bridgehead atoms. The second-order valence-corrected chi connectivity index (χ2v) is 8.20. The molecule has 1 N–H and O–H groups in total. The van der Waals surface area contributed by atoms with Crippen molar-refractivity contribution >= 4 is 23.6 Å². The Labute approximate surface area is 152 Å². The quantitative estimate of drug-likeness (QED) is 0.541. The fraction of sp³-hybridized carbons (Fsp3) is 0.500. The van der Waals surface area contributed by atoms with E-state index in [0.29, 0.717) is 15.8 Å². The maximum absolute atomic E-state index is 8.49. The van der Waals surface area contributed by atoms with Gasteiger partial charge in [0.1, 0.15) is 11.4 Å². The minimum absolute atomic E-state index is 0.440. The summed E-state index contributed by atoms with van der Waals surface area (Å²) in [7, 11) is -4.94. The predicted octanol–water partition coefficient (Wildman–Crippen LogP) is -0.723. The van der Waals surface area contributed by atoms with Crippen LogP contribution in [0.3, 0.4) is 0 Å². The van der Waals surface area contributed by atoms with Crippen LogP contribution >= 0.6 is 23.6 Å². The van der Waals surface area contributed by atoms with Gasteiger partial charge in [-0.2, -0.15) is 9.67 Å². The molecule has 0 aliphatic rings. The molecule has 2 aromatic heterocycles. The van der Waals surface area contributed by atoms with E-state index in [0.717, 1.165) is 5.13 Å². The third-order valence-electron chi connectivity index (χ3n) is 3.07. The largest absolute Gasteiger partial charge is 0.413 e. The first-order chi connectivity index (χ1) is 10.9. The van der Waals surface area contributed by atoms with Crippen molar-refractivity contribution in [3.05, 3.63) is 33.0 Å². The van der Waals surface area contributed by atoms with Crippen LogP contribution in [0.25, 0.3) is 5.13 Å². The summed E-state index contributed by atoms with van der Waals surface area (Å²) in [5.74, 6) is 0.879. The molecule has 0 unspecified atom stereocenters. The first-order valence-electron chi connectivity index (χ1n) is 7.14. The molecule has 0 aliphatic carbocycles. The first-order valence-corrected chi connectivity index (χ1v) is 9.60. The number of rotatable bonds is 3. The fourth-order valence-corrected chi connectivity index (χ4v) is 3.09. The molecule has 134 valence electrons. The zero-order chi connectivity index (χ0) is 18.7. The second-order valence-electron chi connectivity index (χ2n) is 5.80. The monoisotopic (exact) mass is 393 g/mol. The van der Waals surface area contributed by atoms with Crippen LogP contribution in [-0.4, -0.2) is 10.2 Å². The molecule has 0 radical (unpaired) electrons. The van der Waals surface area contributed by atoms with Crippen LogP contribution < -0.4 is 23.2 Å². The maximum Gasteiger partial charge on any atom is 0.413 e. The van der Waals surface area contributed by atoms with E-state index in [2.05, 4.69) is 61.5 Å². The fourth-order valence-electron chi connectivity index (χ4n) is 2.17. The van der Waals surface area contributed by atoms with Crippen molar-refractivity contribution in [1.82, 2.24) is 10.2 Å². The molecule has 7 nitrogen and oxygen atoms in total. The summed E-state index contributed by atoms with van der Waals surface area (Å²) in [6.07, 6.45) is 0. The predicted molar refractivity (Wildman–Crippen MR) is 81.7 cm³/mol. The Balaban J connectivity index is 0.000000505. The molecule has 0 saturated heterocycles. The number of halogens is 1. The van der Waals surface area contributed by atoms with E-state index >= 15 is 0 Å². The number of nitrogens with zero attached hydrogens (tertiary/aromatic N) is 2. The summed E-state index contributed by atoms with van der Waals surface area (Å²) in [5, 5.41) is 8.16. The number of nitrogens with one attached hydrogen (secondary N) is 1. The average molecular weight is 394 g/mol. The van der Waals surface area contributed by atoms with Gasteiger partial charge in [-0.05, 0) is 48.2 Å². The second kappa shape index (κ2) is 8.43. The normalized spacial score (nSPS) is 11.6. The lowest BCUT2D eigenvalue weighted by Gasteiger charge is -2.17. The lowest BCUT2D eigenvalue weighted by molar-refractivity contribution is -2.00. The molecule has 2 aromatic rings. The van der Waals surface area contributed by atoms with Crippen LogP contribution in [0.15, 0.2) is 12.1 Å². The summed E-state index contributed by atoms with van der Waals surface area (Å²) >= 11 is 6.68.